The first-order chi connectivity index (χ1) is 16.9. The minimum absolute atomic E-state index is 0.000605. The molecule has 2 fully saturated rings. The Kier molecular flexibility index (Phi) is 7.94. The molecule has 2 atom stereocenters. The van der Waals surface area contributed by atoms with Crippen molar-refractivity contribution in [3.05, 3.63) is 41.7 Å². The number of rotatable bonds is 9. The number of anilines is 2. The van der Waals surface area contributed by atoms with E-state index in [1.54, 1.807) is 13.1 Å². The number of aryl methyl sites for hydroxylation is 1. The van der Waals surface area contributed by atoms with Gasteiger partial charge in [0.2, 0.25) is 11.7 Å². The molecule has 10 nitrogen and oxygen atoms in total. The van der Waals surface area contributed by atoms with Crippen LogP contribution in [-0.4, -0.2) is 51.7 Å². The lowest BCUT2D eigenvalue weighted by Gasteiger charge is -2.22. The van der Waals surface area contributed by atoms with Gasteiger partial charge in [-0.3, -0.25) is 20.6 Å². The van der Waals surface area contributed by atoms with Gasteiger partial charge in [-0.05, 0) is 37.3 Å². The van der Waals surface area contributed by atoms with Crippen LogP contribution in [-0.2, 0) is 4.79 Å². The highest BCUT2D eigenvalue weighted by molar-refractivity contribution is 5.80. The number of carbonyl (C=O) groups is 2. The molecule has 2 aromatic heterocycles. The summed E-state index contributed by atoms with van der Waals surface area (Å²) in [6.45, 7) is 2.92. The number of carboxylic acid groups (broad SMARTS) is 1. The molecule has 4 rings (SSSR count). The molecule has 188 valence electrons. The van der Waals surface area contributed by atoms with Crippen LogP contribution in [0.2, 0.25) is 0 Å². The number of nitrogens with one attached hydrogen (secondary N) is 3. The first-order valence-electron chi connectivity index (χ1n) is 12.1. The van der Waals surface area contributed by atoms with Crippen LogP contribution < -0.4 is 21.1 Å². The standard InChI is InChI=1S/C24H32FN7O3/c1-15-28-21(30-31-23(33)19(13-27-24(34)35)11-16-5-2-3-6-16)20(25)22(29-15)32-10-8-18(14-32)17-7-4-9-26-12-17/h4,7,9,12,16,18-19,27H,2-3,5-6,8,10-11,13-14H2,1H3,(H,31,33)(H,34,35)(H,28,29,30)/t18?,19-/m1/s1. The predicted octanol–water partition coefficient (Wildman–Crippen LogP) is 3.22. The molecule has 0 radical (unpaired) electrons. The van der Waals surface area contributed by atoms with Gasteiger partial charge in [-0.15, -0.1) is 0 Å². The van der Waals surface area contributed by atoms with Crippen molar-refractivity contribution in [3.63, 3.8) is 0 Å². The van der Waals surface area contributed by atoms with E-state index in [0.29, 0.717) is 31.3 Å². The summed E-state index contributed by atoms with van der Waals surface area (Å²) in [6.07, 6.45) is 8.12. The van der Waals surface area contributed by atoms with Gasteiger partial charge in [-0.1, -0.05) is 31.7 Å². The Bertz CT molecular complexity index is 1030. The molecule has 1 saturated heterocycles. The Labute approximate surface area is 203 Å². The van der Waals surface area contributed by atoms with Crippen molar-refractivity contribution in [2.45, 2.75) is 51.4 Å². The van der Waals surface area contributed by atoms with Crippen LogP contribution >= 0.6 is 0 Å². The van der Waals surface area contributed by atoms with Crippen LogP contribution in [0, 0.1) is 24.6 Å². The number of nitrogens with zero attached hydrogens (tertiary/aromatic N) is 4. The number of halogens is 1. The first kappa shape index (κ1) is 24.6. The van der Waals surface area contributed by atoms with E-state index in [4.69, 9.17) is 5.11 Å². The first-order valence-corrected chi connectivity index (χ1v) is 12.1. The Morgan fingerprint density at radius 2 is 2.06 bits per heavy atom. The van der Waals surface area contributed by atoms with Crippen molar-refractivity contribution in [2.24, 2.45) is 11.8 Å². The molecule has 35 heavy (non-hydrogen) atoms. The molecule has 0 bridgehead atoms. The summed E-state index contributed by atoms with van der Waals surface area (Å²) < 4.78 is 15.4. The van der Waals surface area contributed by atoms with Crippen LogP contribution in [0.1, 0.15) is 55.8 Å². The molecule has 0 aromatic carbocycles. The van der Waals surface area contributed by atoms with Gasteiger partial charge in [-0.25, -0.2) is 14.8 Å². The van der Waals surface area contributed by atoms with Crippen LogP contribution in [0.15, 0.2) is 24.5 Å². The van der Waals surface area contributed by atoms with E-state index in [2.05, 4.69) is 31.1 Å². The highest BCUT2D eigenvalue weighted by atomic mass is 19.1. The maximum Gasteiger partial charge on any atom is 0.404 e. The fourth-order valence-electron chi connectivity index (χ4n) is 5.04. The average Bonchev–Trinajstić information content (AvgIpc) is 3.55. The largest absolute Gasteiger partial charge is 0.465 e. The summed E-state index contributed by atoms with van der Waals surface area (Å²) >= 11 is 0. The Balaban J connectivity index is 1.42. The fraction of sp³-hybridized carbons (Fsp3) is 0.542. The van der Waals surface area contributed by atoms with Crippen molar-refractivity contribution < 1.29 is 19.1 Å². The Morgan fingerprint density at radius 1 is 1.26 bits per heavy atom. The topological polar surface area (TPSA) is 132 Å². The summed E-state index contributed by atoms with van der Waals surface area (Å²) in [5, 5.41) is 11.3. The number of pyridine rings is 1. The smallest absolute Gasteiger partial charge is 0.404 e. The molecule has 2 aromatic rings. The van der Waals surface area contributed by atoms with Crippen LogP contribution in [0.25, 0.3) is 0 Å². The average molecular weight is 486 g/mol. The lowest BCUT2D eigenvalue weighted by molar-refractivity contribution is -0.124. The fourth-order valence-corrected chi connectivity index (χ4v) is 5.04. The van der Waals surface area contributed by atoms with Gasteiger partial charge in [0.1, 0.15) is 5.82 Å². The molecule has 4 N–H and O–H groups in total. The van der Waals surface area contributed by atoms with Crippen molar-refractivity contribution in [2.75, 3.05) is 30.0 Å². The number of carbonyl (C=O) groups excluding carboxylic acids is 1. The molecule has 2 aliphatic rings. The summed E-state index contributed by atoms with van der Waals surface area (Å²) in [4.78, 5) is 38.3. The zero-order valence-corrected chi connectivity index (χ0v) is 19.8. The third-order valence-corrected chi connectivity index (χ3v) is 6.86. The summed E-state index contributed by atoms with van der Waals surface area (Å²) in [5.41, 5.74) is 6.26. The lowest BCUT2D eigenvalue weighted by atomic mass is 9.92. The minimum Gasteiger partial charge on any atom is -0.465 e. The third-order valence-electron chi connectivity index (χ3n) is 6.86. The molecular weight excluding hydrogens is 453 g/mol. The number of hydrogen-bond acceptors (Lipinski definition) is 7. The maximum atomic E-state index is 15.4. The van der Waals surface area contributed by atoms with E-state index in [9.17, 15) is 9.59 Å². The number of amides is 2. The molecule has 11 heteroatoms. The van der Waals surface area contributed by atoms with Gasteiger partial charge in [0.15, 0.2) is 11.6 Å². The second-order valence-corrected chi connectivity index (χ2v) is 9.36. The predicted molar refractivity (Wildman–Crippen MR) is 128 cm³/mol. The van der Waals surface area contributed by atoms with Gasteiger partial charge in [-0.2, -0.15) is 4.39 Å². The number of hydrazine groups is 1. The summed E-state index contributed by atoms with van der Waals surface area (Å²) in [6, 6.07) is 3.91. The molecule has 0 spiro atoms. The van der Waals surface area contributed by atoms with Crippen molar-refractivity contribution in [3.8, 4) is 0 Å². The zero-order valence-electron chi connectivity index (χ0n) is 19.8. The Hall–Kier alpha value is -3.50. The maximum absolute atomic E-state index is 15.4. The van der Waals surface area contributed by atoms with E-state index in [0.717, 1.165) is 37.7 Å². The molecule has 1 saturated carbocycles. The summed E-state index contributed by atoms with van der Waals surface area (Å²) in [5.74, 6) is -0.544. The quantitative estimate of drug-likeness (QED) is 0.398. The molecular formula is C24H32FN7O3. The van der Waals surface area contributed by atoms with E-state index in [1.807, 2.05) is 23.2 Å². The molecule has 1 unspecified atom stereocenters. The van der Waals surface area contributed by atoms with Gasteiger partial charge >= 0.3 is 6.09 Å². The van der Waals surface area contributed by atoms with E-state index in [1.165, 1.54) is 0 Å². The van der Waals surface area contributed by atoms with Gasteiger partial charge in [0.05, 0.1) is 5.92 Å². The van der Waals surface area contributed by atoms with Gasteiger partial charge in [0, 0.05) is 37.9 Å². The SMILES string of the molecule is Cc1nc(NNC(=O)[C@@H](CNC(=O)O)CC2CCCC2)c(F)c(N2CCC(c3cccnc3)C2)n1. The molecule has 1 aliphatic heterocycles. The highest BCUT2D eigenvalue weighted by Crippen LogP contribution is 2.33. The normalized spacial score (nSPS) is 18.9. The van der Waals surface area contributed by atoms with Crippen LogP contribution in [0.5, 0.6) is 0 Å². The highest BCUT2D eigenvalue weighted by Gasteiger charge is 2.29. The van der Waals surface area contributed by atoms with E-state index >= 15 is 4.39 Å². The summed E-state index contributed by atoms with van der Waals surface area (Å²) in [7, 11) is 0. The second-order valence-electron chi connectivity index (χ2n) is 9.36. The zero-order chi connectivity index (χ0) is 24.8. The van der Waals surface area contributed by atoms with Crippen molar-refractivity contribution >= 4 is 23.6 Å². The van der Waals surface area contributed by atoms with Crippen LogP contribution in [0.3, 0.4) is 0 Å². The van der Waals surface area contributed by atoms with E-state index in [-0.39, 0.29) is 24.1 Å². The van der Waals surface area contributed by atoms with Gasteiger partial charge in [0.25, 0.3) is 0 Å². The van der Waals surface area contributed by atoms with Gasteiger partial charge < -0.3 is 15.3 Å². The second kappa shape index (κ2) is 11.3. The third kappa shape index (κ3) is 6.34. The minimum atomic E-state index is -1.18. The number of aromatic nitrogens is 3. The molecule has 3 heterocycles. The Morgan fingerprint density at radius 3 is 2.77 bits per heavy atom. The van der Waals surface area contributed by atoms with Crippen LogP contribution in [0.4, 0.5) is 20.8 Å². The monoisotopic (exact) mass is 485 g/mol. The molecule has 2 amide bonds. The van der Waals surface area contributed by atoms with Crippen molar-refractivity contribution in [1.29, 1.82) is 0 Å². The molecule has 1 aliphatic carbocycles. The lowest BCUT2D eigenvalue weighted by Crippen LogP contribution is -2.42. The van der Waals surface area contributed by atoms with Crippen molar-refractivity contribution in [1.82, 2.24) is 25.7 Å². The van der Waals surface area contributed by atoms with E-state index < -0.39 is 23.7 Å². The number of hydrogen-bond donors (Lipinski definition) is 4.